The lowest BCUT2D eigenvalue weighted by molar-refractivity contribution is 0.678. The van der Waals surface area contributed by atoms with Crippen LogP contribution in [0.3, 0.4) is 0 Å². The molecule has 0 aliphatic heterocycles. The van der Waals surface area contributed by atoms with Crippen LogP contribution in [0, 0.1) is 20.8 Å². The minimum absolute atomic E-state index is 0.839. The molecule has 96 valence electrons. The zero-order valence-electron chi connectivity index (χ0n) is 11.6. The molecule has 2 aromatic rings. The van der Waals surface area contributed by atoms with E-state index in [1.807, 2.05) is 11.7 Å². The summed E-state index contributed by atoms with van der Waals surface area (Å²) in [4.78, 5) is 0. The molecule has 0 radical (unpaired) electrons. The molecule has 1 N–H and O–H groups in total. The largest absolute Gasteiger partial charge is 0.316 e. The van der Waals surface area contributed by atoms with Crippen LogP contribution in [0.2, 0.25) is 0 Å². The lowest BCUT2D eigenvalue weighted by Crippen LogP contribution is -2.05. The predicted octanol–water partition coefficient (Wildman–Crippen LogP) is 2.58. The van der Waals surface area contributed by atoms with E-state index < -0.39 is 0 Å². The van der Waals surface area contributed by atoms with Crippen molar-refractivity contribution in [1.82, 2.24) is 15.1 Å². The topological polar surface area (TPSA) is 29.9 Å². The monoisotopic (exact) mass is 243 g/mol. The zero-order valence-corrected chi connectivity index (χ0v) is 11.6. The van der Waals surface area contributed by atoms with Crippen molar-refractivity contribution in [3.63, 3.8) is 0 Å². The third-order valence-corrected chi connectivity index (χ3v) is 3.33. The maximum atomic E-state index is 4.55. The van der Waals surface area contributed by atoms with Crippen molar-refractivity contribution in [3.8, 4) is 0 Å². The van der Waals surface area contributed by atoms with Gasteiger partial charge in [-0.2, -0.15) is 5.10 Å². The second-order valence-corrected chi connectivity index (χ2v) is 4.89. The van der Waals surface area contributed by atoms with Gasteiger partial charge in [-0.05, 0) is 44.5 Å². The van der Waals surface area contributed by atoms with Crippen molar-refractivity contribution in [2.45, 2.75) is 33.9 Å². The van der Waals surface area contributed by atoms with Crippen LogP contribution in [0.5, 0.6) is 0 Å². The Hall–Kier alpha value is -1.61. The van der Waals surface area contributed by atoms with Gasteiger partial charge in [-0.15, -0.1) is 0 Å². The zero-order chi connectivity index (χ0) is 13.1. The van der Waals surface area contributed by atoms with Crippen molar-refractivity contribution in [2.75, 3.05) is 7.05 Å². The van der Waals surface area contributed by atoms with Crippen molar-refractivity contribution in [2.24, 2.45) is 0 Å². The number of nitrogens with one attached hydrogen (secondary N) is 1. The van der Waals surface area contributed by atoms with Gasteiger partial charge in [0.05, 0.1) is 12.2 Å². The summed E-state index contributed by atoms with van der Waals surface area (Å²) < 4.78 is 2.02. The first-order chi connectivity index (χ1) is 8.60. The van der Waals surface area contributed by atoms with Crippen molar-refractivity contribution in [3.05, 3.63) is 52.3 Å². The molecule has 0 spiro atoms. The van der Waals surface area contributed by atoms with E-state index in [0.29, 0.717) is 0 Å². The molecule has 1 heterocycles. The molecular formula is C15H21N3. The van der Waals surface area contributed by atoms with Crippen LogP contribution < -0.4 is 5.32 Å². The maximum Gasteiger partial charge on any atom is 0.0659 e. The fraction of sp³-hybridized carbons (Fsp3) is 0.400. The average molecular weight is 243 g/mol. The van der Waals surface area contributed by atoms with Gasteiger partial charge in [0, 0.05) is 18.3 Å². The fourth-order valence-corrected chi connectivity index (χ4v) is 2.09. The molecule has 1 aromatic heterocycles. The summed E-state index contributed by atoms with van der Waals surface area (Å²) in [6.45, 7) is 8.07. The molecule has 0 saturated heterocycles. The Morgan fingerprint density at radius 3 is 2.61 bits per heavy atom. The van der Waals surface area contributed by atoms with Crippen molar-refractivity contribution < 1.29 is 0 Å². The summed E-state index contributed by atoms with van der Waals surface area (Å²) in [5.74, 6) is 0. The normalized spacial score (nSPS) is 10.9. The third kappa shape index (κ3) is 2.79. The summed E-state index contributed by atoms with van der Waals surface area (Å²) in [7, 11) is 1.96. The average Bonchev–Trinajstić information content (AvgIpc) is 2.65. The Morgan fingerprint density at radius 2 is 1.94 bits per heavy atom. The van der Waals surface area contributed by atoms with Crippen LogP contribution in [-0.2, 0) is 13.1 Å². The molecule has 0 aliphatic carbocycles. The molecule has 0 saturated carbocycles. The predicted molar refractivity (Wildman–Crippen MR) is 74.7 cm³/mol. The molecule has 0 bridgehead atoms. The van der Waals surface area contributed by atoms with Crippen LogP contribution in [0.1, 0.15) is 27.9 Å². The van der Waals surface area contributed by atoms with Gasteiger partial charge in [0.1, 0.15) is 0 Å². The van der Waals surface area contributed by atoms with Crippen LogP contribution in [0.25, 0.3) is 0 Å². The highest BCUT2D eigenvalue weighted by molar-refractivity contribution is 5.30. The summed E-state index contributed by atoms with van der Waals surface area (Å²) in [6, 6.07) is 6.59. The van der Waals surface area contributed by atoms with Crippen LogP contribution >= 0.6 is 0 Å². The van der Waals surface area contributed by atoms with Gasteiger partial charge in [0.15, 0.2) is 0 Å². The molecule has 3 heteroatoms. The molecule has 2 rings (SSSR count). The number of aromatic nitrogens is 2. The minimum atomic E-state index is 0.839. The first-order valence-electron chi connectivity index (χ1n) is 6.34. The highest BCUT2D eigenvalue weighted by Crippen LogP contribution is 2.12. The molecular weight excluding hydrogens is 222 g/mol. The van der Waals surface area contributed by atoms with Crippen LogP contribution in [0.4, 0.5) is 0 Å². The molecule has 3 nitrogen and oxygen atoms in total. The van der Waals surface area contributed by atoms with E-state index in [4.69, 9.17) is 0 Å². The van der Waals surface area contributed by atoms with Gasteiger partial charge in [-0.25, -0.2) is 0 Å². The van der Waals surface area contributed by atoms with Gasteiger partial charge < -0.3 is 5.32 Å². The first kappa shape index (κ1) is 12.8. The van der Waals surface area contributed by atoms with E-state index in [2.05, 4.69) is 55.6 Å². The van der Waals surface area contributed by atoms with E-state index in [0.717, 1.165) is 18.8 Å². The van der Waals surface area contributed by atoms with Gasteiger partial charge in [-0.3, -0.25) is 4.68 Å². The lowest BCUT2D eigenvalue weighted by Gasteiger charge is -2.05. The SMILES string of the molecule is CNCc1cn(Cc2ccc(C)c(C)c2)nc1C. The van der Waals surface area contributed by atoms with Gasteiger partial charge in [-0.1, -0.05) is 18.2 Å². The molecule has 0 fully saturated rings. The number of aryl methyl sites for hydroxylation is 3. The fourth-order valence-electron chi connectivity index (χ4n) is 2.09. The summed E-state index contributed by atoms with van der Waals surface area (Å²) in [5.41, 5.74) is 6.35. The van der Waals surface area contributed by atoms with Gasteiger partial charge >= 0.3 is 0 Å². The molecule has 0 amide bonds. The number of nitrogens with zero attached hydrogens (tertiary/aromatic N) is 2. The van der Waals surface area contributed by atoms with Gasteiger partial charge in [0.2, 0.25) is 0 Å². The number of rotatable bonds is 4. The van der Waals surface area contributed by atoms with E-state index in [1.54, 1.807) is 0 Å². The maximum absolute atomic E-state index is 4.55. The first-order valence-corrected chi connectivity index (χ1v) is 6.34. The second-order valence-electron chi connectivity index (χ2n) is 4.89. The molecule has 0 unspecified atom stereocenters. The molecule has 1 aromatic carbocycles. The van der Waals surface area contributed by atoms with Gasteiger partial charge in [0.25, 0.3) is 0 Å². The number of hydrogen-bond donors (Lipinski definition) is 1. The Kier molecular flexibility index (Phi) is 3.82. The van der Waals surface area contributed by atoms with Crippen LogP contribution in [0.15, 0.2) is 24.4 Å². The Labute approximate surface area is 109 Å². The minimum Gasteiger partial charge on any atom is -0.316 e. The Bertz CT molecular complexity index is 541. The smallest absolute Gasteiger partial charge is 0.0659 e. The third-order valence-electron chi connectivity index (χ3n) is 3.33. The lowest BCUT2D eigenvalue weighted by atomic mass is 10.1. The van der Waals surface area contributed by atoms with Crippen molar-refractivity contribution >= 4 is 0 Å². The van der Waals surface area contributed by atoms with E-state index in [-0.39, 0.29) is 0 Å². The highest BCUT2D eigenvalue weighted by atomic mass is 15.3. The Balaban J connectivity index is 2.18. The summed E-state index contributed by atoms with van der Waals surface area (Å²) in [6.07, 6.45) is 2.13. The standard InChI is InChI=1S/C15H21N3/c1-11-5-6-14(7-12(11)2)9-18-10-15(8-16-4)13(3)17-18/h5-7,10,16H,8-9H2,1-4H3. The van der Waals surface area contributed by atoms with E-state index in [1.165, 1.54) is 22.3 Å². The number of hydrogen-bond acceptors (Lipinski definition) is 2. The molecule has 18 heavy (non-hydrogen) atoms. The summed E-state index contributed by atoms with van der Waals surface area (Å²) >= 11 is 0. The van der Waals surface area contributed by atoms with Crippen molar-refractivity contribution in [1.29, 1.82) is 0 Å². The number of benzene rings is 1. The quantitative estimate of drug-likeness (QED) is 0.894. The van der Waals surface area contributed by atoms with Crippen LogP contribution in [-0.4, -0.2) is 16.8 Å². The van der Waals surface area contributed by atoms with E-state index in [9.17, 15) is 0 Å². The highest BCUT2D eigenvalue weighted by Gasteiger charge is 2.04. The summed E-state index contributed by atoms with van der Waals surface area (Å²) in [5, 5.41) is 7.72. The second kappa shape index (κ2) is 5.36. The molecule has 0 atom stereocenters. The Morgan fingerprint density at radius 1 is 1.17 bits per heavy atom. The molecule has 0 aliphatic rings. The van der Waals surface area contributed by atoms with E-state index >= 15 is 0 Å².